The molecule has 132 valence electrons. The summed E-state index contributed by atoms with van der Waals surface area (Å²) in [5, 5.41) is 5.96. The van der Waals surface area contributed by atoms with Crippen molar-refractivity contribution in [1.29, 1.82) is 0 Å². The van der Waals surface area contributed by atoms with E-state index in [1.165, 1.54) is 23.8 Å². The van der Waals surface area contributed by atoms with Crippen molar-refractivity contribution in [3.8, 4) is 0 Å². The summed E-state index contributed by atoms with van der Waals surface area (Å²) >= 11 is 5.57. The number of benzene rings is 1. The van der Waals surface area contributed by atoms with Crippen molar-refractivity contribution in [3.05, 3.63) is 46.2 Å². The van der Waals surface area contributed by atoms with Gasteiger partial charge in [-0.05, 0) is 38.2 Å². The molecule has 3 aromatic rings. The summed E-state index contributed by atoms with van der Waals surface area (Å²) in [6, 6.07) is 8.26. The van der Waals surface area contributed by atoms with Gasteiger partial charge in [0.1, 0.15) is 17.2 Å². The van der Waals surface area contributed by atoms with E-state index in [0.717, 1.165) is 34.9 Å². The smallest absolute Gasteiger partial charge is 0.198 e. The molecule has 2 heterocycles. The van der Waals surface area contributed by atoms with E-state index >= 15 is 0 Å². The Morgan fingerprint density at radius 2 is 2.08 bits per heavy atom. The monoisotopic (exact) mass is 356 g/mol. The van der Waals surface area contributed by atoms with Gasteiger partial charge < -0.3 is 8.98 Å². The molecule has 4 rings (SSSR count). The Kier molecular flexibility index (Phi) is 4.25. The average Bonchev–Trinajstić information content (AvgIpc) is 3.34. The number of fused-ring (bicyclic) bond motifs is 1. The summed E-state index contributed by atoms with van der Waals surface area (Å²) in [7, 11) is 4.13. The molecule has 1 aromatic carbocycles. The summed E-state index contributed by atoms with van der Waals surface area (Å²) in [5.41, 5.74) is 2.23. The quantitative estimate of drug-likeness (QED) is 0.620. The fraction of sp³-hybridized carbons (Fsp3) is 0.474. The number of rotatable bonds is 6. The summed E-state index contributed by atoms with van der Waals surface area (Å²) in [6.45, 7) is 3.64. The number of para-hydroxylation sites is 1. The van der Waals surface area contributed by atoms with Crippen LogP contribution in [0.25, 0.3) is 11.0 Å². The molecule has 0 radical (unpaired) electrons. The van der Waals surface area contributed by atoms with Gasteiger partial charge in [-0.2, -0.15) is 5.10 Å². The summed E-state index contributed by atoms with van der Waals surface area (Å²) < 4.78 is 10.8. The predicted octanol–water partition coefficient (Wildman–Crippen LogP) is 4.23. The third kappa shape index (κ3) is 3.04. The van der Waals surface area contributed by atoms with Gasteiger partial charge in [0.05, 0.1) is 6.67 Å². The van der Waals surface area contributed by atoms with Gasteiger partial charge in [-0.15, -0.1) is 0 Å². The molecule has 0 saturated heterocycles. The van der Waals surface area contributed by atoms with E-state index in [0.29, 0.717) is 12.6 Å². The van der Waals surface area contributed by atoms with Crippen molar-refractivity contribution < 1.29 is 4.42 Å². The Labute approximate surface area is 152 Å². The van der Waals surface area contributed by atoms with Gasteiger partial charge in [0, 0.05) is 36.9 Å². The molecule has 0 spiro atoms. The van der Waals surface area contributed by atoms with Gasteiger partial charge in [0.2, 0.25) is 0 Å². The van der Waals surface area contributed by atoms with Crippen LogP contribution in [0, 0.1) is 4.77 Å². The number of aromatic nitrogens is 3. The highest BCUT2D eigenvalue weighted by Gasteiger charge is 2.29. The van der Waals surface area contributed by atoms with Crippen LogP contribution in [0.1, 0.15) is 42.8 Å². The summed E-state index contributed by atoms with van der Waals surface area (Å²) in [5.74, 6) is 2.79. The van der Waals surface area contributed by atoms with Crippen LogP contribution in [-0.4, -0.2) is 26.3 Å². The third-order valence-electron chi connectivity index (χ3n) is 4.92. The van der Waals surface area contributed by atoms with E-state index in [2.05, 4.69) is 35.6 Å². The lowest BCUT2D eigenvalue weighted by Crippen LogP contribution is -2.23. The van der Waals surface area contributed by atoms with Crippen LogP contribution in [0.15, 0.2) is 28.7 Å². The number of hydrogen-bond donors (Lipinski definition) is 0. The Morgan fingerprint density at radius 1 is 1.32 bits per heavy atom. The standard InChI is InChI=1S/C19H24N4OS/c1-4-16-15(14-7-5-6-8-17(14)24-16)11-21(2)12-23-19(25)22(3)18(20-23)13-9-10-13/h5-8,13H,4,9-12H2,1-3H3. The zero-order valence-corrected chi connectivity index (χ0v) is 15.8. The maximum absolute atomic E-state index is 6.01. The van der Waals surface area contributed by atoms with Gasteiger partial charge >= 0.3 is 0 Å². The Balaban J connectivity index is 1.58. The number of furan rings is 1. The van der Waals surface area contributed by atoms with E-state index < -0.39 is 0 Å². The first-order valence-electron chi connectivity index (χ1n) is 8.90. The van der Waals surface area contributed by atoms with Crippen LogP contribution in [0.5, 0.6) is 0 Å². The first-order chi connectivity index (χ1) is 12.1. The van der Waals surface area contributed by atoms with Crippen molar-refractivity contribution >= 4 is 23.2 Å². The average molecular weight is 356 g/mol. The fourth-order valence-electron chi connectivity index (χ4n) is 3.45. The molecule has 0 unspecified atom stereocenters. The highest BCUT2D eigenvalue weighted by Crippen LogP contribution is 2.38. The van der Waals surface area contributed by atoms with Gasteiger partial charge in [-0.25, -0.2) is 4.68 Å². The lowest BCUT2D eigenvalue weighted by Gasteiger charge is -2.16. The van der Waals surface area contributed by atoms with Crippen LogP contribution in [0.2, 0.25) is 0 Å². The molecule has 2 aromatic heterocycles. The maximum atomic E-state index is 6.01. The van der Waals surface area contributed by atoms with Crippen molar-refractivity contribution in [2.75, 3.05) is 7.05 Å². The first kappa shape index (κ1) is 16.5. The van der Waals surface area contributed by atoms with Crippen molar-refractivity contribution in [2.24, 2.45) is 7.05 Å². The molecule has 1 fully saturated rings. The van der Waals surface area contributed by atoms with Crippen molar-refractivity contribution in [2.45, 2.75) is 45.3 Å². The second kappa shape index (κ2) is 6.42. The van der Waals surface area contributed by atoms with Crippen LogP contribution in [0.3, 0.4) is 0 Å². The molecule has 0 amide bonds. The maximum Gasteiger partial charge on any atom is 0.198 e. The zero-order chi connectivity index (χ0) is 17.6. The Hall–Kier alpha value is -1.92. The lowest BCUT2D eigenvalue weighted by atomic mass is 10.1. The second-order valence-corrected chi connectivity index (χ2v) is 7.35. The highest BCUT2D eigenvalue weighted by atomic mass is 32.1. The minimum absolute atomic E-state index is 0.600. The minimum Gasteiger partial charge on any atom is -0.461 e. The highest BCUT2D eigenvalue weighted by molar-refractivity contribution is 7.71. The molecule has 1 aliphatic carbocycles. The molecule has 1 aliphatic rings. The molecule has 5 nitrogen and oxygen atoms in total. The van der Waals surface area contributed by atoms with Crippen molar-refractivity contribution in [1.82, 2.24) is 19.2 Å². The fourth-order valence-corrected chi connectivity index (χ4v) is 3.64. The van der Waals surface area contributed by atoms with E-state index in [1.54, 1.807) is 0 Å². The molecular formula is C19H24N4OS. The van der Waals surface area contributed by atoms with Gasteiger partial charge in [0.15, 0.2) is 4.77 Å². The van der Waals surface area contributed by atoms with E-state index in [9.17, 15) is 0 Å². The van der Waals surface area contributed by atoms with Crippen molar-refractivity contribution in [3.63, 3.8) is 0 Å². The molecule has 1 saturated carbocycles. The third-order valence-corrected chi connectivity index (χ3v) is 5.41. The topological polar surface area (TPSA) is 39.1 Å². The largest absolute Gasteiger partial charge is 0.461 e. The summed E-state index contributed by atoms with van der Waals surface area (Å²) in [4.78, 5) is 2.25. The van der Waals surface area contributed by atoms with E-state index in [4.69, 9.17) is 21.7 Å². The zero-order valence-electron chi connectivity index (χ0n) is 15.0. The first-order valence-corrected chi connectivity index (χ1v) is 9.30. The molecule has 0 N–H and O–H groups in total. The predicted molar refractivity (Wildman–Crippen MR) is 101 cm³/mol. The van der Waals surface area contributed by atoms with Gasteiger partial charge in [0.25, 0.3) is 0 Å². The van der Waals surface area contributed by atoms with Gasteiger partial charge in [-0.1, -0.05) is 25.1 Å². The minimum atomic E-state index is 0.600. The number of hydrogen-bond acceptors (Lipinski definition) is 4. The van der Waals surface area contributed by atoms with Gasteiger partial charge in [-0.3, -0.25) is 4.90 Å². The van der Waals surface area contributed by atoms with Crippen LogP contribution in [0.4, 0.5) is 0 Å². The lowest BCUT2D eigenvalue weighted by molar-refractivity contribution is 0.242. The summed E-state index contributed by atoms with van der Waals surface area (Å²) in [6.07, 6.45) is 3.36. The number of nitrogens with zero attached hydrogens (tertiary/aromatic N) is 4. The molecule has 0 bridgehead atoms. The molecule has 0 aliphatic heterocycles. The van der Waals surface area contributed by atoms with E-state index in [1.807, 2.05) is 23.9 Å². The van der Waals surface area contributed by atoms with Crippen LogP contribution in [-0.2, 0) is 26.7 Å². The SMILES string of the molecule is CCc1oc2ccccc2c1CN(C)Cn1nc(C2CC2)n(C)c1=S. The Bertz CT molecular complexity index is 964. The van der Waals surface area contributed by atoms with E-state index in [-0.39, 0.29) is 0 Å². The molecule has 25 heavy (non-hydrogen) atoms. The Morgan fingerprint density at radius 3 is 2.80 bits per heavy atom. The molecule has 6 heteroatoms. The normalized spacial score (nSPS) is 14.7. The molecule has 0 atom stereocenters. The van der Waals surface area contributed by atoms with Crippen LogP contribution >= 0.6 is 12.2 Å². The number of aryl methyl sites for hydroxylation is 1. The second-order valence-electron chi connectivity index (χ2n) is 6.98. The molecular weight excluding hydrogens is 332 g/mol. The van der Waals surface area contributed by atoms with Crippen LogP contribution < -0.4 is 0 Å².